The number of rotatable bonds is 4. The third-order valence-electron chi connectivity index (χ3n) is 2.91. The highest BCUT2D eigenvalue weighted by Crippen LogP contribution is 2.27. The normalized spacial score (nSPS) is 28.1. The average molecular weight is 157 g/mol. The Morgan fingerprint density at radius 2 is 2.36 bits per heavy atom. The Hall–Kier alpha value is -0.0800. The minimum atomic E-state index is 0.350. The third-order valence-corrected chi connectivity index (χ3v) is 2.91. The molecular formula is C9H19NO. The van der Waals surface area contributed by atoms with E-state index in [1.54, 1.807) is 0 Å². The Kier molecular flexibility index (Phi) is 3.34. The van der Waals surface area contributed by atoms with Crippen LogP contribution in [0.2, 0.25) is 0 Å². The van der Waals surface area contributed by atoms with Crippen molar-refractivity contribution in [1.82, 2.24) is 4.90 Å². The summed E-state index contributed by atoms with van der Waals surface area (Å²) >= 11 is 0. The number of aliphatic hydroxyl groups is 1. The number of aliphatic hydroxyl groups excluding tert-OH is 1. The van der Waals surface area contributed by atoms with Gasteiger partial charge in [0.2, 0.25) is 0 Å². The van der Waals surface area contributed by atoms with Crippen molar-refractivity contribution >= 4 is 0 Å². The van der Waals surface area contributed by atoms with Gasteiger partial charge >= 0.3 is 0 Å². The van der Waals surface area contributed by atoms with Crippen LogP contribution in [-0.2, 0) is 0 Å². The molecule has 0 aromatic heterocycles. The molecule has 2 unspecified atom stereocenters. The zero-order chi connectivity index (χ0) is 8.27. The van der Waals surface area contributed by atoms with Crippen molar-refractivity contribution in [2.24, 2.45) is 5.92 Å². The maximum absolute atomic E-state index is 8.80. The van der Waals surface area contributed by atoms with E-state index in [4.69, 9.17) is 5.11 Å². The highest BCUT2D eigenvalue weighted by Gasteiger charge is 2.30. The predicted molar refractivity (Wildman–Crippen MR) is 46.5 cm³/mol. The molecular weight excluding hydrogens is 138 g/mol. The summed E-state index contributed by atoms with van der Waals surface area (Å²) in [4.78, 5) is 2.39. The lowest BCUT2D eigenvalue weighted by Gasteiger charge is -2.42. The molecule has 1 saturated heterocycles. The van der Waals surface area contributed by atoms with Crippen molar-refractivity contribution in [3.8, 4) is 0 Å². The van der Waals surface area contributed by atoms with E-state index in [-0.39, 0.29) is 0 Å². The van der Waals surface area contributed by atoms with Gasteiger partial charge in [0.1, 0.15) is 0 Å². The Balaban J connectivity index is 2.29. The summed E-state index contributed by atoms with van der Waals surface area (Å²) in [5.41, 5.74) is 0. The predicted octanol–water partition coefficient (Wildman–Crippen LogP) is 1.10. The number of nitrogens with zero attached hydrogens (tertiary/aromatic N) is 1. The molecule has 0 amide bonds. The summed E-state index contributed by atoms with van der Waals surface area (Å²) in [6.45, 7) is 3.81. The molecule has 0 aromatic rings. The first-order valence-electron chi connectivity index (χ1n) is 4.60. The van der Waals surface area contributed by atoms with Crippen LogP contribution >= 0.6 is 0 Å². The molecule has 0 saturated carbocycles. The number of likely N-dealkylation sites (tertiary alicyclic amines) is 1. The molecule has 1 aliphatic heterocycles. The molecule has 11 heavy (non-hydrogen) atoms. The first-order valence-corrected chi connectivity index (χ1v) is 4.60. The Labute approximate surface area is 69.2 Å². The first kappa shape index (κ1) is 9.01. The van der Waals surface area contributed by atoms with Gasteiger partial charge in [-0.2, -0.15) is 0 Å². The summed E-state index contributed by atoms with van der Waals surface area (Å²) < 4.78 is 0. The van der Waals surface area contributed by atoms with E-state index in [2.05, 4.69) is 18.9 Å². The summed E-state index contributed by atoms with van der Waals surface area (Å²) in [6, 6.07) is 0.757. The van der Waals surface area contributed by atoms with Gasteiger partial charge in [0, 0.05) is 12.6 Å². The van der Waals surface area contributed by atoms with Crippen LogP contribution in [0.25, 0.3) is 0 Å². The highest BCUT2D eigenvalue weighted by atomic mass is 16.3. The fraction of sp³-hybridized carbons (Fsp3) is 1.00. The van der Waals surface area contributed by atoms with Gasteiger partial charge in [0.25, 0.3) is 0 Å². The molecule has 0 spiro atoms. The standard InChI is InChI=1S/C9H19NO/c1-3-8(5-7-11)9-4-6-10(9)2/h8-9,11H,3-7H2,1-2H3. The molecule has 1 N–H and O–H groups in total. The summed E-state index contributed by atoms with van der Waals surface area (Å²) in [5, 5.41) is 8.80. The monoisotopic (exact) mass is 157 g/mol. The van der Waals surface area contributed by atoms with E-state index in [9.17, 15) is 0 Å². The summed E-state index contributed by atoms with van der Waals surface area (Å²) in [7, 11) is 2.17. The Morgan fingerprint density at radius 3 is 2.64 bits per heavy atom. The van der Waals surface area contributed by atoms with Crippen molar-refractivity contribution < 1.29 is 5.11 Å². The van der Waals surface area contributed by atoms with Gasteiger partial charge < -0.3 is 10.0 Å². The summed E-state index contributed by atoms with van der Waals surface area (Å²) in [6.07, 6.45) is 3.51. The molecule has 2 nitrogen and oxygen atoms in total. The lowest BCUT2D eigenvalue weighted by Crippen LogP contribution is -2.49. The minimum Gasteiger partial charge on any atom is -0.396 e. The molecule has 0 aromatic carbocycles. The first-order chi connectivity index (χ1) is 5.29. The molecule has 1 aliphatic rings. The molecule has 0 bridgehead atoms. The Morgan fingerprint density at radius 1 is 1.64 bits per heavy atom. The van der Waals surface area contributed by atoms with Crippen molar-refractivity contribution in [3.05, 3.63) is 0 Å². The molecule has 2 heteroatoms. The van der Waals surface area contributed by atoms with Crippen LogP contribution in [0.15, 0.2) is 0 Å². The second-order valence-corrected chi connectivity index (χ2v) is 3.52. The lowest BCUT2D eigenvalue weighted by atomic mass is 9.86. The maximum atomic E-state index is 8.80. The van der Waals surface area contributed by atoms with Crippen LogP contribution in [0.5, 0.6) is 0 Å². The van der Waals surface area contributed by atoms with E-state index in [1.165, 1.54) is 19.4 Å². The van der Waals surface area contributed by atoms with Crippen LogP contribution in [-0.4, -0.2) is 36.2 Å². The summed E-state index contributed by atoms with van der Waals surface area (Å²) in [5.74, 6) is 0.721. The van der Waals surface area contributed by atoms with Crippen LogP contribution < -0.4 is 0 Å². The largest absolute Gasteiger partial charge is 0.396 e. The molecule has 1 fully saturated rings. The fourth-order valence-electron chi connectivity index (χ4n) is 1.97. The van der Waals surface area contributed by atoms with Crippen molar-refractivity contribution in [1.29, 1.82) is 0 Å². The van der Waals surface area contributed by atoms with Crippen LogP contribution in [0.3, 0.4) is 0 Å². The second-order valence-electron chi connectivity index (χ2n) is 3.52. The van der Waals surface area contributed by atoms with E-state index >= 15 is 0 Å². The average Bonchev–Trinajstić information content (AvgIpc) is 2.01. The van der Waals surface area contributed by atoms with E-state index < -0.39 is 0 Å². The van der Waals surface area contributed by atoms with Gasteiger partial charge in [-0.25, -0.2) is 0 Å². The molecule has 0 radical (unpaired) electrons. The van der Waals surface area contributed by atoms with Crippen LogP contribution in [0, 0.1) is 5.92 Å². The van der Waals surface area contributed by atoms with Gasteiger partial charge in [0.05, 0.1) is 0 Å². The van der Waals surface area contributed by atoms with E-state index in [1.807, 2.05) is 0 Å². The van der Waals surface area contributed by atoms with Crippen molar-refractivity contribution in [2.45, 2.75) is 32.2 Å². The fourth-order valence-corrected chi connectivity index (χ4v) is 1.97. The van der Waals surface area contributed by atoms with E-state index in [0.717, 1.165) is 18.4 Å². The van der Waals surface area contributed by atoms with Crippen molar-refractivity contribution in [2.75, 3.05) is 20.2 Å². The quantitative estimate of drug-likeness (QED) is 0.660. The van der Waals surface area contributed by atoms with Crippen LogP contribution in [0.1, 0.15) is 26.2 Å². The zero-order valence-corrected chi connectivity index (χ0v) is 7.58. The Bertz CT molecular complexity index is 116. The maximum Gasteiger partial charge on any atom is 0.0434 e. The second kappa shape index (κ2) is 4.07. The molecule has 66 valence electrons. The van der Waals surface area contributed by atoms with Gasteiger partial charge in [-0.3, -0.25) is 0 Å². The number of hydrogen-bond acceptors (Lipinski definition) is 2. The van der Waals surface area contributed by atoms with Gasteiger partial charge in [-0.1, -0.05) is 13.3 Å². The third kappa shape index (κ3) is 1.94. The van der Waals surface area contributed by atoms with Gasteiger partial charge in [-0.05, 0) is 32.4 Å². The van der Waals surface area contributed by atoms with Crippen LogP contribution in [0.4, 0.5) is 0 Å². The topological polar surface area (TPSA) is 23.5 Å². The zero-order valence-electron chi connectivity index (χ0n) is 7.58. The molecule has 1 rings (SSSR count). The van der Waals surface area contributed by atoms with Gasteiger partial charge in [-0.15, -0.1) is 0 Å². The van der Waals surface area contributed by atoms with E-state index in [0.29, 0.717) is 6.61 Å². The number of hydrogen-bond donors (Lipinski definition) is 1. The highest BCUT2D eigenvalue weighted by molar-refractivity contribution is 4.85. The molecule has 0 aliphatic carbocycles. The molecule has 1 heterocycles. The minimum absolute atomic E-state index is 0.350. The SMILES string of the molecule is CCC(CCO)C1CCN1C. The molecule has 2 atom stereocenters. The lowest BCUT2D eigenvalue weighted by molar-refractivity contribution is 0.0582. The van der Waals surface area contributed by atoms with Gasteiger partial charge in [0.15, 0.2) is 0 Å². The van der Waals surface area contributed by atoms with Crippen molar-refractivity contribution in [3.63, 3.8) is 0 Å². The smallest absolute Gasteiger partial charge is 0.0434 e.